The average Bonchev–Trinajstić information content (AvgIpc) is 3.41. The number of carbonyl (C=O) groups is 3. The second kappa shape index (κ2) is 11.6. The molecular weight excluding hydrogens is 494 g/mol. The van der Waals surface area contributed by atoms with Crippen LogP contribution in [0.3, 0.4) is 0 Å². The first kappa shape index (κ1) is 28.0. The Kier molecular flexibility index (Phi) is 8.81. The van der Waals surface area contributed by atoms with E-state index in [9.17, 15) is 14.4 Å². The molecule has 0 aliphatic carbocycles. The molecule has 8 nitrogen and oxygen atoms in total. The van der Waals surface area contributed by atoms with E-state index in [0.29, 0.717) is 17.1 Å². The number of carbonyl (C=O) groups excluding carboxylic acids is 3. The molecule has 37 heavy (non-hydrogen) atoms. The molecule has 0 unspecified atom stereocenters. The van der Waals surface area contributed by atoms with Gasteiger partial charge < -0.3 is 23.9 Å². The Morgan fingerprint density at radius 3 is 2.30 bits per heavy atom. The number of esters is 2. The van der Waals surface area contributed by atoms with Crippen molar-refractivity contribution in [1.82, 2.24) is 0 Å². The average molecular weight is 528 g/mol. The van der Waals surface area contributed by atoms with Crippen molar-refractivity contribution in [2.45, 2.75) is 66.6 Å². The number of nitrogens with one attached hydrogen (secondary N) is 1. The molecule has 3 aromatic rings. The van der Waals surface area contributed by atoms with Crippen molar-refractivity contribution in [3.8, 4) is 5.75 Å². The van der Waals surface area contributed by atoms with Gasteiger partial charge in [0.2, 0.25) is 0 Å². The van der Waals surface area contributed by atoms with E-state index in [2.05, 4.69) is 26.1 Å². The maximum atomic E-state index is 12.9. The lowest BCUT2D eigenvalue weighted by molar-refractivity contribution is 0.0379. The fourth-order valence-electron chi connectivity index (χ4n) is 3.46. The van der Waals surface area contributed by atoms with E-state index in [4.69, 9.17) is 18.6 Å². The first-order valence-corrected chi connectivity index (χ1v) is 12.9. The quantitative estimate of drug-likeness (QED) is 0.316. The van der Waals surface area contributed by atoms with Gasteiger partial charge in [-0.2, -0.15) is 0 Å². The predicted molar refractivity (Wildman–Crippen MR) is 142 cm³/mol. The number of anilines is 1. The maximum absolute atomic E-state index is 12.9. The number of ether oxygens (including phenoxy) is 3. The Morgan fingerprint density at radius 2 is 1.70 bits per heavy atom. The Hall–Kier alpha value is -3.59. The van der Waals surface area contributed by atoms with Crippen LogP contribution in [0.4, 0.5) is 5.00 Å². The molecule has 0 fully saturated rings. The summed E-state index contributed by atoms with van der Waals surface area (Å²) in [5.74, 6) is -0.606. The van der Waals surface area contributed by atoms with Crippen molar-refractivity contribution < 1.29 is 33.0 Å². The molecule has 9 heteroatoms. The van der Waals surface area contributed by atoms with E-state index in [-0.39, 0.29) is 45.9 Å². The standard InChI is InChI=1S/C28H33NO7S/c1-8-33-27(32)23-17(4)22(26(31)35-16(2)3)25(37-23)29-24(30)21-14-13-20(36-21)15-34-19-11-9-18(10-12-19)28(5,6)7/h9-14,16H,8,15H2,1-7H3,(H,29,30). The molecular formula is C28H33NO7S. The van der Waals surface area contributed by atoms with E-state index >= 15 is 0 Å². The molecule has 3 rings (SSSR count). The molecule has 0 spiro atoms. The smallest absolute Gasteiger partial charge is 0.348 e. The van der Waals surface area contributed by atoms with E-state index < -0.39 is 17.8 Å². The van der Waals surface area contributed by atoms with Gasteiger partial charge in [0.05, 0.1) is 18.3 Å². The van der Waals surface area contributed by atoms with Gasteiger partial charge in [-0.25, -0.2) is 9.59 Å². The number of amides is 1. The van der Waals surface area contributed by atoms with E-state index in [1.165, 1.54) is 11.6 Å². The highest BCUT2D eigenvalue weighted by Gasteiger charge is 2.28. The van der Waals surface area contributed by atoms with E-state index in [0.717, 1.165) is 11.3 Å². The predicted octanol–water partition coefficient (Wildman–Crippen LogP) is 6.52. The van der Waals surface area contributed by atoms with Crippen molar-refractivity contribution in [2.24, 2.45) is 0 Å². The van der Waals surface area contributed by atoms with Crippen molar-refractivity contribution in [2.75, 3.05) is 11.9 Å². The lowest BCUT2D eigenvalue weighted by atomic mass is 9.87. The van der Waals surface area contributed by atoms with Crippen LogP contribution in [0.25, 0.3) is 0 Å². The Bertz CT molecular complexity index is 1260. The highest BCUT2D eigenvalue weighted by atomic mass is 32.1. The molecule has 1 aromatic carbocycles. The number of hydrogen-bond donors (Lipinski definition) is 1. The Labute approximate surface area is 220 Å². The molecule has 0 aliphatic rings. The molecule has 1 amide bonds. The highest BCUT2D eigenvalue weighted by molar-refractivity contribution is 7.18. The highest BCUT2D eigenvalue weighted by Crippen LogP contribution is 2.35. The third kappa shape index (κ3) is 7.01. The second-order valence-electron chi connectivity index (χ2n) is 9.72. The van der Waals surface area contributed by atoms with Gasteiger partial charge in [-0.3, -0.25) is 4.79 Å². The molecule has 0 saturated carbocycles. The molecule has 0 aliphatic heterocycles. The summed E-state index contributed by atoms with van der Waals surface area (Å²) in [6, 6.07) is 11.0. The minimum Gasteiger partial charge on any atom is -0.486 e. The molecule has 0 atom stereocenters. The third-order valence-corrected chi connectivity index (χ3v) is 6.56. The monoisotopic (exact) mass is 527 g/mol. The van der Waals surface area contributed by atoms with Crippen LogP contribution in [0.2, 0.25) is 0 Å². The molecule has 1 N–H and O–H groups in total. The summed E-state index contributed by atoms with van der Waals surface area (Å²) >= 11 is 0.956. The molecule has 2 aromatic heterocycles. The van der Waals surface area contributed by atoms with Gasteiger partial charge in [0.25, 0.3) is 5.91 Å². The Balaban J connectivity index is 1.74. The molecule has 198 valence electrons. The number of hydrogen-bond acceptors (Lipinski definition) is 8. The van der Waals surface area contributed by atoms with Crippen LogP contribution in [-0.2, 0) is 21.5 Å². The maximum Gasteiger partial charge on any atom is 0.348 e. The van der Waals surface area contributed by atoms with Gasteiger partial charge in [-0.05, 0) is 68.5 Å². The van der Waals surface area contributed by atoms with Gasteiger partial charge in [0.15, 0.2) is 5.76 Å². The normalized spacial score (nSPS) is 11.4. The molecule has 0 bridgehead atoms. The topological polar surface area (TPSA) is 104 Å². The zero-order chi connectivity index (χ0) is 27.3. The van der Waals surface area contributed by atoms with Crippen molar-refractivity contribution >= 4 is 34.2 Å². The zero-order valence-electron chi connectivity index (χ0n) is 22.2. The van der Waals surface area contributed by atoms with Crippen LogP contribution in [0.15, 0.2) is 40.8 Å². The van der Waals surface area contributed by atoms with Crippen molar-refractivity contribution in [3.05, 3.63) is 69.5 Å². The van der Waals surface area contributed by atoms with Crippen LogP contribution in [0.5, 0.6) is 5.75 Å². The lowest BCUT2D eigenvalue weighted by Crippen LogP contribution is -2.16. The summed E-state index contributed by atoms with van der Waals surface area (Å²) in [5.41, 5.74) is 1.74. The lowest BCUT2D eigenvalue weighted by Gasteiger charge is -2.19. The van der Waals surface area contributed by atoms with E-state index in [1.54, 1.807) is 33.8 Å². The largest absolute Gasteiger partial charge is 0.486 e. The van der Waals surface area contributed by atoms with Crippen LogP contribution >= 0.6 is 11.3 Å². The minimum atomic E-state index is -0.638. The number of benzene rings is 1. The van der Waals surface area contributed by atoms with Gasteiger partial charge in [-0.1, -0.05) is 32.9 Å². The SMILES string of the molecule is CCOC(=O)c1sc(NC(=O)c2ccc(COc3ccc(C(C)(C)C)cc3)o2)c(C(=O)OC(C)C)c1C. The summed E-state index contributed by atoms with van der Waals surface area (Å²) in [7, 11) is 0. The third-order valence-electron chi connectivity index (χ3n) is 5.37. The summed E-state index contributed by atoms with van der Waals surface area (Å²) in [6.45, 7) is 13.5. The Morgan fingerprint density at radius 1 is 1.03 bits per heavy atom. The molecule has 0 saturated heterocycles. The molecule has 2 heterocycles. The van der Waals surface area contributed by atoms with Crippen molar-refractivity contribution in [3.63, 3.8) is 0 Å². The minimum absolute atomic E-state index is 0.0357. The van der Waals surface area contributed by atoms with Crippen LogP contribution < -0.4 is 10.1 Å². The summed E-state index contributed by atoms with van der Waals surface area (Å²) in [5, 5.41) is 2.87. The van der Waals surface area contributed by atoms with Crippen LogP contribution in [-0.4, -0.2) is 30.6 Å². The number of thiophene rings is 1. The zero-order valence-corrected chi connectivity index (χ0v) is 23.0. The summed E-state index contributed by atoms with van der Waals surface area (Å²) in [6.07, 6.45) is -0.376. The van der Waals surface area contributed by atoms with Crippen LogP contribution in [0, 0.1) is 6.92 Å². The molecule has 0 radical (unpaired) electrons. The second-order valence-corrected chi connectivity index (χ2v) is 10.7. The summed E-state index contributed by atoms with van der Waals surface area (Å²) < 4.78 is 21.9. The van der Waals surface area contributed by atoms with Crippen molar-refractivity contribution in [1.29, 1.82) is 0 Å². The fraction of sp³-hybridized carbons (Fsp3) is 0.393. The van der Waals surface area contributed by atoms with Crippen LogP contribution in [0.1, 0.15) is 89.0 Å². The first-order valence-electron chi connectivity index (χ1n) is 12.1. The van der Waals surface area contributed by atoms with Gasteiger partial charge in [0.1, 0.15) is 28.0 Å². The first-order chi connectivity index (χ1) is 17.4. The summed E-state index contributed by atoms with van der Waals surface area (Å²) in [4.78, 5) is 38.3. The fourth-order valence-corrected chi connectivity index (χ4v) is 4.54. The number of furan rings is 1. The van der Waals surface area contributed by atoms with Gasteiger partial charge in [0, 0.05) is 0 Å². The van der Waals surface area contributed by atoms with E-state index in [1.807, 2.05) is 24.3 Å². The van der Waals surface area contributed by atoms with Gasteiger partial charge in [-0.15, -0.1) is 11.3 Å². The number of rotatable bonds is 9. The van der Waals surface area contributed by atoms with Gasteiger partial charge >= 0.3 is 11.9 Å².